The SMILES string of the molecule is C[C@H](NC(=O)c1occc1-c1ccccc1)c1cccc([N+](=O)[O-])c1. The normalized spacial score (nSPS) is 11.7. The molecule has 1 amide bonds. The number of nitrogens with zero attached hydrogens (tertiary/aromatic N) is 1. The van der Waals surface area contributed by atoms with E-state index in [0.717, 1.165) is 5.56 Å². The second kappa shape index (κ2) is 7.00. The Morgan fingerprint density at radius 1 is 1.12 bits per heavy atom. The van der Waals surface area contributed by atoms with Crippen molar-refractivity contribution in [1.82, 2.24) is 5.32 Å². The quantitative estimate of drug-likeness (QED) is 0.554. The van der Waals surface area contributed by atoms with E-state index < -0.39 is 11.0 Å². The van der Waals surface area contributed by atoms with Gasteiger partial charge in [0.2, 0.25) is 0 Å². The molecule has 1 N–H and O–H groups in total. The van der Waals surface area contributed by atoms with Crippen molar-refractivity contribution in [1.29, 1.82) is 0 Å². The summed E-state index contributed by atoms with van der Waals surface area (Å²) in [7, 11) is 0. The van der Waals surface area contributed by atoms with E-state index in [1.807, 2.05) is 30.3 Å². The van der Waals surface area contributed by atoms with Crippen molar-refractivity contribution in [3.8, 4) is 11.1 Å². The van der Waals surface area contributed by atoms with Gasteiger partial charge in [0.15, 0.2) is 5.76 Å². The fraction of sp³-hybridized carbons (Fsp3) is 0.105. The van der Waals surface area contributed by atoms with Crippen LogP contribution < -0.4 is 5.32 Å². The van der Waals surface area contributed by atoms with Crippen LogP contribution in [0.4, 0.5) is 5.69 Å². The molecule has 1 heterocycles. The second-order valence-electron chi connectivity index (χ2n) is 5.58. The number of benzene rings is 2. The number of carbonyl (C=O) groups excluding carboxylic acids is 1. The highest BCUT2D eigenvalue weighted by atomic mass is 16.6. The Morgan fingerprint density at radius 3 is 2.60 bits per heavy atom. The summed E-state index contributed by atoms with van der Waals surface area (Å²) >= 11 is 0. The van der Waals surface area contributed by atoms with Gasteiger partial charge in [-0.2, -0.15) is 0 Å². The molecule has 0 saturated heterocycles. The molecule has 6 nitrogen and oxygen atoms in total. The lowest BCUT2D eigenvalue weighted by atomic mass is 10.0. The van der Waals surface area contributed by atoms with Crippen LogP contribution in [0, 0.1) is 10.1 Å². The molecular formula is C19H16N2O4. The molecule has 0 saturated carbocycles. The van der Waals surface area contributed by atoms with Crippen LogP contribution >= 0.6 is 0 Å². The van der Waals surface area contributed by atoms with E-state index in [2.05, 4.69) is 5.32 Å². The maximum Gasteiger partial charge on any atom is 0.288 e. The molecule has 0 aliphatic heterocycles. The lowest BCUT2D eigenvalue weighted by molar-refractivity contribution is -0.384. The molecule has 6 heteroatoms. The maximum atomic E-state index is 12.6. The highest BCUT2D eigenvalue weighted by Gasteiger charge is 2.20. The van der Waals surface area contributed by atoms with Crippen molar-refractivity contribution >= 4 is 11.6 Å². The first kappa shape index (κ1) is 16.4. The molecular weight excluding hydrogens is 320 g/mol. The number of amides is 1. The topological polar surface area (TPSA) is 85.4 Å². The Hall–Kier alpha value is -3.41. The van der Waals surface area contributed by atoms with Crippen molar-refractivity contribution < 1.29 is 14.1 Å². The molecule has 2 aromatic carbocycles. The summed E-state index contributed by atoms with van der Waals surface area (Å²) in [5.74, 6) is -0.161. The van der Waals surface area contributed by atoms with Crippen molar-refractivity contribution in [3.05, 3.63) is 88.4 Å². The largest absolute Gasteiger partial charge is 0.459 e. The molecule has 1 aromatic heterocycles. The van der Waals surface area contributed by atoms with Gasteiger partial charge in [0, 0.05) is 17.7 Å². The molecule has 126 valence electrons. The number of nitro groups is 1. The Labute approximate surface area is 144 Å². The van der Waals surface area contributed by atoms with Gasteiger partial charge in [-0.15, -0.1) is 0 Å². The first-order chi connectivity index (χ1) is 12.1. The standard InChI is InChI=1S/C19H16N2O4/c1-13(15-8-5-9-16(12-15)21(23)24)20-19(22)18-17(10-11-25-18)14-6-3-2-4-7-14/h2-13H,1H3,(H,20,22)/t13-/m0/s1. The minimum atomic E-state index is -0.460. The molecule has 0 aliphatic carbocycles. The van der Waals surface area contributed by atoms with Crippen LogP contribution in [0.5, 0.6) is 0 Å². The van der Waals surface area contributed by atoms with E-state index in [9.17, 15) is 14.9 Å². The average Bonchev–Trinajstić information content (AvgIpc) is 3.12. The van der Waals surface area contributed by atoms with Gasteiger partial charge < -0.3 is 9.73 Å². The molecule has 0 spiro atoms. The molecule has 1 atom stereocenters. The fourth-order valence-corrected chi connectivity index (χ4v) is 2.58. The molecule has 0 fully saturated rings. The van der Waals surface area contributed by atoms with E-state index in [4.69, 9.17) is 4.42 Å². The smallest absolute Gasteiger partial charge is 0.288 e. The lowest BCUT2D eigenvalue weighted by Crippen LogP contribution is -2.26. The molecule has 3 rings (SSSR count). The Bertz CT molecular complexity index is 903. The summed E-state index contributed by atoms with van der Waals surface area (Å²) in [6.07, 6.45) is 1.47. The Balaban J connectivity index is 1.80. The molecule has 0 unspecified atom stereocenters. The van der Waals surface area contributed by atoms with Gasteiger partial charge in [-0.3, -0.25) is 14.9 Å². The van der Waals surface area contributed by atoms with Crippen LogP contribution in [0.2, 0.25) is 0 Å². The number of nitrogens with one attached hydrogen (secondary N) is 1. The zero-order valence-corrected chi connectivity index (χ0v) is 13.5. The summed E-state index contributed by atoms with van der Waals surface area (Å²) in [5.41, 5.74) is 2.21. The Morgan fingerprint density at radius 2 is 1.88 bits per heavy atom. The third kappa shape index (κ3) is 3.58. The van der Waals surface area contributed by atoms with E-state index in [0.29, 0.717) is 11.1 Å². The highest BCUT2D eigenvalue weighted by Crippen LogP contribution is 2.26. The number of non-ortho nitro benzene ring substituents is 1. The van der Waals surface area contributed by atoms with Crippen molar-refractivity contribution in [3.63, 3.8) is 0 Å². The summed E-state index contributed by atoms with van der Waals surface area (Å²) in [4.78, 5) is 23.0. The monoisotopic (exact) mass is 336 g/mol. The van der Waals surface area contributed by atoms with Crippen LogP contribution in [0.3, 0.4) is 0 Å². The highest BCUT2D eigenvalue weighted by molar-refractivity contribution is 5.98. The van der Waals surface area contributed by atoms with Crippen LogP contribution in [0.1, 0.15) is 29.1 Å². The number of furan rings is 1. The molecule has 0 bridgehead atoms. The van der Waals surface area contributed by atoms with Crippen molar-refractivity contribution in [2.45, 2.75) is 13.0 Å². The van der Waals surface area contributed by atoms with Crippen LogP contribution in [-0.2, 0) is 0 Å². The second-order valence-corrected chi connectivity index (χ2v) is 5.58. The predicted molar refractivity (Wildman–Crippen MR) is 93.1 cm³/mol. The third-order valence-electron chi connectivity index (χ3n) is 3.88. The van der Waals surface area contributed by atoms with Gasteiger partial charge in [-0.1, -0.05) is 42.5 Å². The fourth-order valence-electron chi connectivity index (χ4n) is 2.58. The van der Waals surface area contributed by atoms with Gasteiger partial charge >= 0.3 is 0 Å². The third-order valence-corrected chi connectivity index (χ3v) is 3.88. The Kier molecular flexibility index (Phi) is 4.61. The van der Waals surface area contributed by atoms with Gasteiger partial charge in [0.05, 0.1) is 17.2 Å². The first-order valence-corrected chi connectivity index (χ1v) is 7.74. The maximum absolute atomic E-state index is 12.6. The van der Waals surface area contributed by atoms with Crippen molar-refractivity contribution in [2.75, 3.05) is 0 Å². The molecule has 0 aliphatic rings. The average molecular weight is 336 g/mol. The minimum absolute atomic E-state index is 0.0124. The number of hydrogen-bond acceptors (Lipinski definition) is 4. The zero-order chi connectivity index (χ0) is 17.8. The summed E-state index contributed by atoms with van der Waals surface area (Å²) in [6, 6.07) is 17.0. The lowest BCUT2D eigenvalue weighted by Gasteiger charge is -2.14. The van der Waals surface area contributed by atoms with Gasteiger partial charge in [0.25, 0.3) is 11.6 Å². The van der Waals surface area contributed by atoms with Crippen LogP contribution in [-0.4, -0.2) is 10.8 Å². The number of hydrogen-bond donors (Lipinski definition) is 1. The van der Waals surface area contributed by atoms with E-state index in [-0.39, 0.29) is 17.4 Å². The molecule has 3 aromatic rings. The minimum Gasteiger partial charge on any atom is -0.459 e. The van der Waals surface area contributed by atoms with E-state index >= 15 is 0 Å². The molecule has 25 heavy (non-hydrogen) atoms. The van der Waals surface area contributed by atoms with E-state index in [1.54, 1.807) is 25.1 Å². The predicted octanol–water partition coefficient (Wildman–Crippen LogP) is 4.35. The number of rotatable bonds is 5. The molecule has 0 radical (unpaired) electrons. The van der Waals surface area contributed by atoms with Crippen LogP contribution in [0.15, 0.2) is 71.3 Å². The van der Waals surface area contributed by atoms with Gasteiger partial charge in [0.1, 0.15) is 0 Å². The number of nitro benzene ring substituents is 1. The van der Waals surface area contributed by atoms with E-state index in [1.165, 1.54) is 18.4 Å². The number of carbonyl (C=O) groups is 1. The summed E-state index contributed by atoms with van der Waals surface area (Å²) in [6.45, 7) is 1.77. The summed E-state index contributed by atoms with van der Waals surface area (Å²) < 4.78 is 5.36. The van der Waals surface area contributed by atoms with Crippen LogP contribution in [0.25, 0.3) is 11.1 Å². The summed E-state index contributed by atoms with van der Waals surface area (Å²) in [5, 5.41) is 13.7. The van der Waals surface area contributed by atoms with Crippen molar-refractivity contribution in [2.24, 2.45) is 0 Å². The van der Waals surface area contributed by atoms with Gasteiger partial charge in [-0.05, 0) is 24.1 Å². The van der Waals surface area contributed by atoms with Gasteiger partial charge in [-0.25, -0.2) is 0 Å². The zero-order valence-electron chi connectivity index (χ0n) is 13.5. The first-order valence-electron chi connectivity index (χ1n) is 7.74.